The minimum absolute atomic E-state index is 0.0679. The summed E-state index contributed by atoms with van der Waals surface area (Å²) < 4.78 is 3.49. The van der Waals surface area contributed by atoms with E-state index in [2.05, 4.69) is 15.4 Å². The van der Waals surface area contributed by atoms with Crippen LogP contribution in [0.5, 0.6) is 0 Å². The van der Waals surface area contributed by atoms with Gasteiger partial charge in [0.15, 0.2) is 5.16 Å². The number of carbonyl (C=O) groups excluding carboxylic acids is 1. The van der Waals surface area contributed by atoms with Gasteiger partial charge in [-0.25, -0.2) is 4.98 Å². The zero-order valence-corrected chi connectivity index (χ0v) is 16.8. The van der Waals surface area contributed by atoms with Gasteiger partial charge in [-0.05, 0) is 43.8 Å². The Labute approximate surface area is 165 Å². The number of halogens is 2. The molecule has 2 aromatic heterocycles. The summed E-state index contributed by atoms with van der Waals surface area (Å²) in [6.45, 7) is 3.71. The van der Waals surface area contributed by atoms with Crippen LogP contribution < -0.4 is 5.32 Å². The maximum Gasteiger partial charge on any atom is 0.246 e. The number of aryl methyl sites for hydroxylation is 2. The van der Waals surface area contributed by atoms with Crippen molar-refractivity contribution < 1.29 is 4.79 Å². The van der Waals surface area contributed by atoms with Gasteiger partial charge in [-0.3, -0.25) is 9.48 Å². The van der Waals surface area contributed by atoms with E-state index in [1.165, 1.54) is 11.8 Å². The fourth-order valence-electron chi connectivity index (χ4n) is 2.39. The number of rotatable bonds is 5. The first-order chi connectivity index (χ1) is 12.3. The van der Waals surface area contributed by atoms with Crippen molar-refractivity contribution in [3.63, 3.8) is 0 Å². The number of nitrogens with zero attached hydrogens (tertiary/aromatic N) is 4. The zero-order chi connectivity index (χ0) is 18.8. The molecule has 1 aromatic carbocycles. The number of imidazole rings is 1. The Morgan fingerprint density at radius 3 is 2.69 bits per heavy atom. The Hall–Kier alpha value is -1.96. The lowest BCUT2D eigenvalue weighted by molar-refractivity contribution is -0.116. The van der Waals surface area contributed by atoms with Gasteiger partial charge in [0.05, 0.1) is 22.1 Å². The minimum atomic E-state index is -0.212. The van der Waals surface area contributed by atoms with Crippen LogP contribution in [0.15, 0.2) is 40.6 Å². The molecule has 2 heterocycles. The van der Waals surface area contributed by atoms with Crippen molar-refractivity contribution in [3.8, 4) is 0 Å². The average molecular weight is 410 g/mol. The summed E-state index contributed by atoms with van der Waals surface area (Å²) in [6.07, 6.45) is 3.59. The molecule has 0 aliphatic rings. The third kappa shape index (κ3) is 4.06. The highest BCUT2D eigenvalue weighted by Crippen LogP contribution is 2.34. The predicted molar refractivity (Wildman–Crippen MR) is 104 cm³/mol. The number of benzene rings is 1. The Morgan fingerprint density at radius 2 is 2.08 bits per heavy atom. The topological polar surface area (TPSA) is 64.7 Å². The Morgan fingerprint density at radius 1 is 1.31 bits per heavy atom. The largest absolute Gasteiger partial charge is 0.329 e. The van der Waals surface area contributed by atoms with Gasteiger partial charge in [-0.2, -0.15) is 5.10 Å². The molecule has 3 rings (SSSR count). The van der Waals surface area contributed by atoms with Crippen molar-refractivity contribution in [2.24, 2.45) is 7.05 Å². The van der Waals surface area contributed by atoms with E-state index in [1.54, 1.807) is 23.0 Å². The van der Waals surface area contributed by atoms with Crippen LogP contribution in [-0.2, 0) is 18.4 Å². The molecule has 0 atom stereocenters. The van der Waals surface area contributed by atoms with E-state index in [0.717, 1.165) is 15.7 Å². The second kappa shape index (κ2) is 7.73. The molecule has 0 unspecified atom stereocenters. The van der Waals surface area contributed by atoms with Gasteiger partial charge in [0.2, 0.25) is 5.91 Å². The summed E-state index contributed by atoms with van der Waals surface area (Å²) in [4.78, 5) is 17.6. The SMILES string of the molecule is Cc1nn(CC(=O)Nc2cc(Cl)ccc2Sc2nccn2C)c(C)c1Cl. The van der Waals surface area contributed by atoms with E-state index >= 15 is 0 Å². The molecule has 0 aliphatic carbocycles. The highest BCUT2D eigenvalue weighted by atomic mass is 35.5. The van der Waals surface area contributed by atoms with Crippen LogP contribution in [0.3, 0.4) is 0 Å². The molecule has 1 amide bonds. The lowest BCUT2D eigenvalue weighted by Crippen LogP contribution is -2.20. The molecular weight excluding hydrogens is 393 g/mol. The second-order valence-corrected chi connectivity index (χ2v) is 7.58. The van der Waals surface area contributed by atoms with E-state index in [-0.39, 0.29) is 12.5 Å². The predicted octanol–water partition coefficient (Wildman–Crippen LogP) is 4.33. The molecule has 9 heteroatoms. The Kier molecular flexibility index (Phi) is 5.60. The summed E-state index contributed by atoms with van der Waals surface area (Å²) in [5.41, 5.74) is 2.09. The first kappa shape index (κ1) is 18.8. The molecular formula is C17H17Cl2N5OS. The van der Waals surface area contributed by atoms with Gasteiger partial charge in [0, 0.05) is 29.4 Å². The molecule has 3 aromatic rings. The normalized spacial score (nSPS) is 11.0. The summed E-state index contributed by atoms with van der Waals surface area (Å²) in [6, 6.07) is 5.36. The molecule has 0 saturated heterocycles. The molecule has 1 N–H and O–H groups in total. The van der Waals surface area contributed by atoms with Gasteiger partial charge in [-0.15, -0.1) is 0 Å². The number of aromatic nitrogens is 4. The number of anilines is 1. The fraction of sp³-hybridized carbons (Fsp3) is 0.235. The monoisotopic (exact) mass is 409 g/mol. The van der Waals surface area contributed by atoms with Crippen molar-refractivity contribution in [3.05, 3.63) is 52.0 Å². The van der Waals surface area contributed by atoms with Crippen LogP contribution in [0.4, 0.5) is 5.69 Å². The van der Waals surface area contributed by atoms with Crippen LogP contribution in [0.2, 0.25) is 10.0 Å². The smallest absolute Gasteiger partial charge is 0.246 e. The van der Waals surface area contributed by atoms with E-state index in [9.17, 15) is 4.79 Å². The summed E-state index contributed by atoms with van der Waals surface area (Å²) in [5.74, 6) is -0.212. The summed E-state index contributed by atoms with van der Waals surface area (Å²) in [7, 11) is 1.91. The second-order valence-electron chi connectivity index (χ2n) is 5.75. The number of hydrogen-bond acceptors (Lipinski definition) is 4. The molecule has 0 aliphatic heterocycles. The molecule has 0 radical (unpaired) electrons. The molecule has 0 bridgehead atoms. The van der Waals surface area contributed by atoms with Gasteiger partial charge >= 0.3 is 0 Å². The molecule has 26 heavy (non-hydrogen) atoms. The standard InChI is InChI=1S/C17H17Cl2N5OS/c1-10-16(19)11(2)24(22-10)9-15(25)21-13-8-12(18)4-5-14(13)26-17-20-6-7-23(17)3/h4-8H,9H2,1-3H3,(H,21,25). The maximum atomic E-state index is 12.5. The lowest BCUT2D eigenvalue weighted by Gasteiger charge is -2.12. The van der Waals surface area contributed by atoms with Crippen LogP contribution in [-0.4, -0.2) is 25.2 Å². The van der Waals surface area contributed by atoms with Crippen LogP contribution in [0.25, 0.3) is 0 Å². The number of amides is 1. The van der Waals surface area contributed by atoms with Crippen LogP contribution in [0, 0.1) is 13.8 Å². The summed E-state index contributed by atoms with van der Waals surface area (Å²) >= 11 is 13.7. The first-order valence-electron chi connectivity index (χ1n) is 7.79. The highest BCUT2D eigenvalue weighted by Gasteiger charge is 2.15. The quantitative estimate of drug-likeness (QED) is 0.680. The van der Waals surface area contributed by atoms with Gasteiger partial charge in [-0.1, -0.05) is 23.2 Å². The highest BCUT2D eigenvalue weighted by molar-refractivity contribution is 7.99. The molecule has 6 nitrogen and oxygen atoms in total. The third-order valence-corrected chi connectivity index (χ3v) is 5.71. The van der Waals surface area contributed by atoms with Crippen molar-refractivity contribution in [1.82, 2.24) is 19.3 Å². The molecule has 136 valence electrons. The molecule has 0 spiro atoms. The van der Waals surface area contributed by atoms with Gasteiger partial charge in [0.1, 0.15) is 6.54 Å². The van der Waals surface area contributed by atoms with Crippen LogP contribution >= 0.6 is 35.0 Å². The van der Waals surface area contributed by atoms with Crippen LogP contribution in [0.1, 0.15) is 11.4 Å². The fourth-order valence-corrected chi connectivity index (χ4v) is 3.57. The van der Waals surface area contributed by atoms with Crippen molar-refractivity contribution in [2.75, 3.05) is 5.32 Å². The van der Waals surface area contributed by atoms with Gasteiger partial charge < -0.3 is 9.88 Å². The number of nitrogens with one attached hydrogen (secondary N) is 1. The number of carbonyl (C=O) groups is 1. The minimum Gasteiger partial charge on any atom is -0.329 e. The third-order valence-electron chi connectivity index (χ3n) is 3.78. The average Bonchev–Trinajstić information content (AvgIpc) is 3.09. The van der Waals surface area contributed by atoms with Crippen molar-refractivity contribution in [1.29, 1.82) is 0 Å². The van der Waals surface area contributed by atoms with E-state index in [1.807, 2.05) is 37.7 Å². The van der Waals surface area contributed by atoms with E-state index in [0.29, 0.717) is 21.4 Å². The Balaban J connectivity index is 1.80. The maximum absolute atomic E-state index is 12.5. The molecule has 0 fully saturated rings. The first-order valence-corrected chi connectivity index (χ1v) is 9.36. The summed E-state index contributed by atoms with van der Waals surface area (Å²) in [5, 5.41) is 9.11. The van der Waals surface area contributed by atoms with E-state index < -0.39 is 0 Å². The van der Waals surface area contributed by atoms with E-state index in [4.69, 9.17) is 23.2 Å². The molecule has 0 saturated carbocycles. The zero-order valence-electron chi connectivity index (χ0n) is 14.5. The van der Waals surface area contributed by atoms with Crippen molar-refractivity contribution >= 4 is 46.6 Å². The number of hydrogen-bond donors (Lipinski definition) is 1. The lowest BCUT2D eigenvalue weighted by atomic mass is 10.3. The van der Waals surface area contributed by atoms with Crippen molar-refractivity contribution in [2.45, 2.75) is 30.4 Å². The Bertz CT molecular complexity index is 966. The van der Waals surface area contributed by atoms with Gasteiger partial charge in [0.25, 0.3) is 0 Å².